The van der Waals surface area contributed by atoms with Gasteiger partial charge in [0, 0.05) is 19.5 Å². The van der Waals surface area contributed by atoms with Crippen molar-refractivity contribution in [1.82, 2.24) is 24.5 Å². The van der Waals surface area contributed by atoms with E-state index in [0.29, 0.717) is 0 Å². The molecule has 0 bridgehead atoms. The maximum absolute atomic E-state index is 13.7. The number of carbonyl (C=O) groups is 2. The molecular weight excluding hydrogens is 379 g/mol. The average molecular weight is 393 g/mol. The predicted molar refractivity (Wildman–Crippen MR) is 89.0 cm³/mol. The first-order valence-electron chi connectivity index (χ1n) is 7.92. The van der Waals surface area contributed by atoms with Gasteiger partial charge in [0.25, 0.3) is 0 Å². The van der Waals surface area contributed by atoms with Gasteiger partial charge < -0.3 is 4.74 Å². The minimum absolute atomic E-state index is 0.0875. The molecule has 0 N–H and O–H groups in total. The van der Waals surface area contributed by atoms with Crippen LogP contribution < -0.4 is 4.74 Å². The highest BCUT2D eigenvalue weighted by Gasteiger charge is 2.37. The van der Waals surface area contributed by atoms with Gasteiger partial charge in [-0.1, -0.05) is 0 Å². The van der Waals surface area contributed by atoms with E-state index in [9.17, 15) is 22.8 Å². The second kappa shape index (κ2) is 6.91. The van der Waals surface area contributed by atoms with Crippen LogP contribution in [0.4, 0.5) is 13.2 Å². The molecule has 0 saturated carbocycles. The zero-order valence-electron chi connectivity index (χ0n) is 15.0. The summed E-state index contributed by atoms with van der Waals surface area (Å²) in [6.45, 7) is 2.56. The van der Waals surface area contributed by atoms with Crippen molar-refractivity contribution in [3.05, 3.63) is 53.2 Å². The van der Waals surface area contributed by atoms with Crippen LogP contribution in [-0.4, -0.2) is 36.3 Å². The van der Waals surface area contributed by atoms with Gasteiger partial charge in [-0.25, -0.2) is 14.3 Å². The number of alkyl halides is 3. The number of ketones is 1. The molecular formula is C17H14F3N5O3. The summed E-state index contributed by atoms with van der Waals surface area (Å²) in [6.07, 6.45) is -2.39. The number of halogens is 3. The summed E-state index contributed by atoms with van der Waals surface area (Å²) in [5.41, 5.74) is -1.73. The normalized spacial score (nSPS) is 11.5. The smallest absolute Gasteiger partial charge is 0.407 e. The SMILES string of the molecule is CC(=O)Oc1c(C(=O)c2ccc(-n3cncn3)cc2C(F)(F)F)c(C)nn1C. The lowest BCUT2D eigenvalue weighted by atomic mass is 9.97. The second-order valence-corrected chi connectivity index (χ2v) is 5.88. The first-order valence-corrected chi connectivity index (χ1v) is 7.92. The van der Waals surface area contributed by atoms with E-state index in [1.165, 1.54) is 32.7 Å². The van der Waals surface area contributed by atoms with Gasteiger partial charge in [-0.2, -0.15) is 23.4 Å². The zero-order chi connectivity index (χ0) is 20.6. The van der Waals surface area contributed by atoms with Crippen LogP contribution >= 0.6 is 0 Å². The summed E-state index contributed by atoms with van der Waals surface area (Å²) >= 11 is 0. The largest absolute Gasteiger partial charge is 0.417 e. The molecule has 0 aliphatic carbocycles. The summed E-state index contributed by atoms with van der Waals surface area (Å²) < 4.78 is 48.2. The van der Waals surface area contributed by atoms with Crippen LogP contribution in [0, 0.1) is 6.92 Å². The fraction of sp³-hybridized carbons (Fsp3) is 0.235. The van der Waals surface area contributed by atoms with Gasteiger partial charge in [0.05, 0.1) is 16.9 Å². The molecule has 0 radical (unpaired) electrons. The van der Waals surface area contributed by atoms with Gasteiger partial charge in [-0.15, -0.1) is 0 Å². The summed E-state index contributed by atoms with van der Waals surface area (Å²) in [5, 5.41) is 7.76. The van der Waals surface area contributed by atoms with Crippen LogP contribution in [0.15, 0.2) is 30.9 Å². The number of aromatic nitrogens is 5. The number of esters is 1. The van der Waals surface area contributed by atoms with E-state index in [-0.39, 0.29) is 22.8 Å². The highest BCUT2D eigenvalue weighted by molar-refractivity contribution is 6.12. The zero-order valence-corrected chi connectivity index (χ0v) is 15.0. The Kier molecular flexibility index (Phi) is 4.75. The van der Waals surface area contributed by atoms with Crippen LogP contribution in [0.2, 0.25) is 0 Å². The summed E-state index contributed by atoms with van der Waals surface area (Å²) in [6, 6.07) is 3.17. The van der Waals surface area contributed by atoms with Crippen molar-refractivity contribution in [2.45, 2.75) is 20.0 Å². The Morgan fingerprint density at radius 1 is 1.21 bits per heavy atom. The van der Waals surface area contributed by atoms with Crippen molar-refractivity contribution in [3.8, 4) is 11.6 Å². The van der Waals surface area contributed by atoms with Crippen molar-refractivity contribution in [1.29, 1.82) is 0 Å². The molecule has 3 rings (SSSR count). The molecule has 2 heterocycles. The molecule has 0 atom stereocenters. The summed E-state index contributed by atoms with van der Waals surface area (Å²) in [5.74, 6) is -1.91. The van der Waals surface area contributed by atoms with Crippen LogP contribution in [0.5, 0.6) is 5.88 Å². The van der Waals surface area contributed by atoms with Gasteiger partial charge in [0.15, 0.2) is 0 Å². The van der Waals surface area contributed by atoms with Gasteiger partial charge in [0.2, 0.25) is 11.7 Å². The predicted octanol–water partition coefficient (Wildman–Crippen LogP) is 2.48. The Balaban J connectivity index is 2.16. The highest BCUT2D eigenvalue weighted by atomic mass is 19.4. The van der Waals surface area contributed by atoms with Crippen LogP contribution in [-0.2, 0) is 18.0 Å². The second-order valence-electron chi connectivity index (χ2n) is 5.88. The monoisotopic (exact) mass is 393 g/mol. The van der Waals surface area contributed by atoms with Crippen molar-refractivity contribution < 1.29 is 27.5 Å². The number of hydrogen-bond acceptors (Lipinski definition) is 6. The fourth-order valence-corrected chi connectivity index (χ4v) is 2.74. The first-order chi connectivity index (χ1) is 13.1. The van der Waals surface area contributed by atoms with Crippen LogP contribution in [0.3, 0.4) is 0 Å². The minimum Gasteiger partial charge on any atom is -0.407 e. The molecule has 8 nitrogen and oxygen atoms in total. The summed E-state index contributed by atoms with van der Waals surface area (Å²) in [4.78, 5) is 28.0. The Hall–Kier alpha value is -3.50. The topological polar surface area (TPSA) is 91.9 Å². The molecule has 0 saturated heterocycles. The number of rotatable bonds is 4. The van der Waals surface area contributed by atoms with E-state index in [1.807, 2.05) is 0 Å². The van der Waals surface area contributed by atoms with E-state index >= 15 is 0 Å². The molecule has 0 unspecified atom stereocenters. The van der Waals surface area contributed by atoms with Crippen LogP contribution in [0.25, 0.3) is 5.69 Å². The molecule has 3 aromatic rings. The molecule has 0 amide bonds. The minimum atomic E-state index is -4.81. The molecule has 11 heteroatoms. The third kappa shape index (κ3) is 3.50. The summed E-state index contributed by atoms with van der Waals surface area (Å²) in [7, 11) is 1.42. The lowest BCUT2D eigenvalue weighted by Crippen LogP contribution is -2.16. The number of nitrogens with zero attached hydrogens (tertiary/aromatic N) is 5. The van der Waals surface area contributed by atoms with Crippen LogP contribution in [0.1, 0.15) is 34.1 Å². The molecule has 0 aliphatic heterocycles. The van der Waals surface area contributed by atoms with E-state index < -0.39 is 29.1 Å². The fourth-order valence-electron chi connectivity index (χ4n) is 2.74. The lowest BCUT2D eigenvalue weighted by molar-refractivity contribution is -0.138. The number of carbonyl (C=O) groups excluding carboxylic acids is 2. The third-order valence-corrected chi connectivity index (χ3v) is 3.87. The Morgan fingerprint density at radius 3 is 2.50 bits per heavy atom. The molecule has 146 valence electrons. The molecule has 0 aliphatic rings. The maximum atomic E-state index is 13.7. The van der Waals surface area contributed by atoms with Gasteiger partial charge in [0.1, 0.15) is 18.2 Å². The molecule has 2 aromatic heterocycles. The van der Waals surface area contributed by atoms with Gasteiger partial charge >= 0.3 is 12.1 Å². The number of ether oxygens (including phenoxy) is 1. The van der Waals surface area contributed by atoms with Crippen molar-refractivity contribution in [2.24, 2.45) is 7.05 Å². The van der Waals surface area contributed by atoms with Gasteiger partial charge in [-0.3, -0.25) is 9.59 Å². The number of benzene rings is 1. The Labute approximate surface area is 156 Å². The van der Waals surface area contributed by atoms with E-state index in [0.717, 1.165) is 28.4 Å². The quantitative estimate of drug-likeness (QED) is 0.500. The van der Waals surface area contributed by atoms with E-state index in [2.05, 4.69) is 15.2 Å². The van der Waals surface area contributed by atoms with Crippen molar-refractivity contribution in [2.75, 3.05) is 0 Å². The lowest BCUT2D eigenvalue weighted by Gasteiger charge is -2.14. The van der Waals surface area contributed by atoms with Crippen molar-refractivity contribution >= 4 is 11.8 Å². The Morgan fingerprint density at radius 2 is 1.93 bits per heavy atom. The standard InChI is InChI=1S/C17H14F3N5O3/c1-9-14(16(24(3)23-9)28-10(2)26)15(27)12-5-4-11(25-8-21-7-22-25)6-13(12)17(18,19)20/h4-8H,1-3H3. The van der Waals surface area contributed by atoms with E-state index in [4.69, 9.17) is 4.74 Å². The Bertz CT molecular complexity index is 1050. The molecule has 0 fully saturated rings. The first kappa shape index (κ1) is 19.3. The average Bonchev–Trinajstić information content (AvgIpc) is 3.22. The third-order valence-electron chi connectivity index (χ3n) is 3.87. The maximum Gasteiger partial charge on any atom is 0.417 e. The van der Waals surface area contributed by atoms with Gasteiger partial charge in [-0.05, 0) is 25.1 Å². The molecule has 28 heavy (non-hydrogen) atoms. The number of hydrogen-bond donors (Lipinski definition) is 0. The molecule has 0 spiro atoms. The number of aryl methyl sites for hydroxylation is 2. The van der Waals surface area contributed by atoms with Crippen molar-refractivity contribution in [3.63, 3.8) is 0 Å². The highest BCUT2D eigenvalue weighted by Crippen LogP contribution is 2.36. The van der Waals surface area contributed by atoms with E-state index in [1.54, 1.807) is 0 Å². The molecule has 1 aromatic carbocycles.